The lowest BCUT2D eigenvalue weighted by Crippen LogP contribution is -2.04. The van der Waals surface area contributed by atoms with Crippen LogP contribution in [0.1, 0.15) is 25.3 Å². The van der Waals surface area contributed by atoms with E-state index in [1.54, 1.807) is 13.0 Å². The van der Waals surface area contributed by atoms with Gasteiger partial charge in [-0.25, -0.2) is 4.39 Å². The second-order valence-electron chi connectivity index (χ2n) is 4.05. The van der Waals surface area contributed by atoms with Gasteiger partial charge in [-0.15, -0.1) is 0 Å². The average Bonchev–Trinajstić information content (AvgIpc) is 2.26. The van der Waals surface area contributed by atoms with Crippen LogP contribution in [0.5, 0.6) is 0 Å². The summed E-state index contributed by atoms with van der Waals surface area (Å²) in [4.78, 5) is 11.4. The van der Waals surface area contributed by atoms with Gasteiger partial charge in [-0.3, -0.25) is 4.79 Å². The monoisotopic (exact) mass is 216 g/mol. The van der Waals surface area contributed by atoms with Crippen LogP contribution in [0.15, 0.2) is 36.4 Å². The molecule has 0 radical (unpaired) electrons. The highest BCUT2D eigenvalue weighted by molar-refractivity contribution is 5.92. The molecule has 16 heavy (non-hydrogen) atoms. The van der Waals surface area contributed by atoms with Crippen LogP contribution in [0.2, 0.25) is 0 Å². The Morgan fingerprint density at radius 3 is 2.69 bits per heavy atom. The second kappa shape index (κ2) is 4.05. The van der Waals surface area contributed by atoms with Crippen molar-refractivity contribution in [2.45, 2.75) is 19.8 Å². The highest BCUT2D eigenvalue weighted by atomic mass is 19.1. The van der Waals surface area contributed by atoms with E-state index in [1.165, 1.54) is 12.1 Å². The van der Waals surface area contributed by atoms with Gasteiger partial charge in [0.25, 0.3) is 0 Å². The third kappa shape index (κ3) is 1.83. The zero-order valence-electron chi connectivity index (χ0n) is 9.33. The molecule has 2 aromatic carbocycles. The third-order valence-corrected chi connectivity index (χ3v) is 2.95. The molecule has 0 amide bonds. The predicted octanol–water partition coefficient (Wildman–Crippen LogP) is 3.67. The van der Waals surface area contributed by atoms with Crippen molar-refractivity contribution >= 4 is 16.6 Å². The minimum absolute atomic E-state index is 0.122. The van der Waals surface area contributed by atoms with E-state index in [9.17, 15) is 9.18 Å². The molecule has 0 spiro atoms. The van der Waals surface area contributed by atoms with Crippen molar-refractivity contribution < 1.29 is 9.18 Å². The normalized spacial score (nSPS) is 12.7. The fraction of sp³-hybridized carbons (Fsp3) is 0.214. The summed E-state index contributed by atoms with van der Waals surface area (Å²) >= 11 is 0. The first-order chi connectivity index (χ1) is 7.59. The van der Waals surface area contributed by atoms with E-state index < -0.39 is 0 Å². The lowest BCUT2D eigenvalue weighted by atomic mass is 9.92. The number of hydrogen-bond acceptors (Lipinski definition) is 1. The summed E-state index contributed by atoms with van der Waals surface area (Å²) in [5.74, 6) is -0.272. The smallest absolute Gasteiger partial charge is 0.137 e. The summed E-state index contributed by atoms with van der Waals surface area (Å²) in [7, 11) is 0. The summed E-state index contributed by atoms with van der Waals surface area (Å²) in [5, 5.41) is 1.79. The van der Waals surface area contributed by atoms with Crippen LogP contribution >= 0.6 is 0 Å². The standard InChI is InChI=1S/C14H13FO/c1-9(10(2)16)13-5-3-4-11-8-12(15)6-7-14(11)13/h3-9H,1-2H3. The molecule has 0 aliphatic rings. The van der Waals surface area contributed by atoms with Gasteiger partial charge in [0, 0.05) is 5.92 Å². The van der Waals surface area contributed by atoms with Gasteiger partial charge < -0.3 is 0 Å². The topological polar surface area (TPSA) is 17.1 Å². The molecule has 0 fully saturated rings. The maximum absolute atomic E-state index is 13.1. The molecule has 0 heterocycles. The maximum atomic E-state index is 13.1. The van der Waals surface area contributed by atoms with Gasteiger partial charge in [0.15, 0.2) is 0 Å². The Labute approximate surface area is 93.9 Å². The number of Topliss-reactive ketones (excluding diaryl/α,β-unsaturated/α-hetero) is 1. The van der Waals surface area contributed by atoms with Gasteiger partial charge in [0.1, 0.15) is 11.6 Å². The first kappa shape index (κ1) is 10.8. The SMILES string of the molecule is CC(=O)C(C)c1cccc2cc(F)ccc12. The quantitative estimate of drug-likeness (QED) is 0.748. The van der Waals surface area contributed by atoms with Gasteiger partial charge in [-0.05, 0) is 35.4 Å². The Bertz CT molecular complexity index is 545. The molecule has 0 aromatic heterocycles. The average molecular weight is 216 g/mol. The molecular weight excluding hydrogens is 203 g/mol. The number of carbonyl (C=O) groups is 1. The molecule has 1 atom stereocenters. The Morgan fingerprint density at radius 1 is 1.25 bits per heavy atom. The molecule has 0 saturated heterocycles. The van der Waals surface area contributed by atoms with E-state index in [0.717, 1.165) is 16.3 Å². The third-order valence-electron chi connectivity index (χ3n) is 2.95. The van der Waals surface area contributed by atoms with Crippen molar-refractivity contribution in [3.63, 3.8) is 0 Å². The van der Waals surface area contributed by atoms with Crippen LogP contribution in [0.25, 0.3) is 10.8 Å². The Morgan fingerprint density at radius 2 is 2.00 bits per heavy atom. The van der Waals surface area contributed by atoms with Gasteiger partial charge in [-0.1, -0.05) is 31.2 Å². The summed E-state index contributed by atoms with van der Waals surface area (Å²) < 4.78 is 13.1. The van der Waals surface area contributed by atoms with Crippen LogP contribution < -0.4 is 0 Å². The van der Waals surface area contributed by atoms with Crippen LogP contribution in [0.3, 0.4) is 0 Å². The molecule has 1 unspecified atom stereocenters. The van der Waals surface area contributed by atoms with E-state index in [2.05, 4.69) is 0 Å². The highest BCUT2D eigenvalue weighted by Crippen LogP contribution is 2.26. The second-order valence-corrected chi connectivity index (χ2v) is 4.05. The highest BCUT2D eigenvalue weighted by Gasteiger charge is 2.13. The zero-order chi connectivity index (χ0) is 11.7. The van der Waals surface area contributed by atoms with Crippen molar-refractivity contribution in [1.29, 1.82) is 0 Å². The van der Waals surface area contributed by atoms with Crippen LogP contribution in [0.4, 0.5) is 4.39 Å². The van der Waals surface area contributed by atoms with E-state index >= 15 is 0 Å². The molecule has 2 rings (SSSR count). The molecule has 0 aliphatic heterocycles. The number of rotatable bonds is 2. The van der Waals surface area contributed by atoms with Crippen molar-refractivity contribution in [3.8, 4) is 0 Å². The van der Waals surface area contributed by atoms with E-state index in [4.69, 9.17) is 0 Å². The van der Waals surface area contributed by atoms with E-state index in [0.29, 0.717) is 0 Å². The summed E-state index contributed by atoms with van der Waals surface area (Å²) in [5.41, 5.74) is 0.963. The fourth-order valence-electron chi connectivity index (χ4n) is 1.88. The van der Waals surface area contributed by atoms with Crippen molar-refractivity contribution in [1.82, 2.24) is 0 Å². The van der Waals surface area contributed by atoms with Crippen molar-refractivity contribution in [2.75, 3.05) is 0 Å². The minimum atomic E-state index is -0.250. The van der Waals surface area contributed by atoms with Crippen LogP contribution in [-0.2, 0) is 4.79 Å². The number of carbonyl (C=O) groups excluding carboxylic acids is 1. The maximum Gasteiger partial charge on any atom is 0.137 e. The fourth-order valence-corrected chi connectivity index (χ4v) is 1.88. The first-order valence-corrected chi connectivity index (χ1v) is 5.28. The van der Waals surface area contributed by atoms with Crippen LogP contribution in [-0.4, -0.2) is 5.78 Å². The molecule has 1 nitrogen and oxygen atoms in total. The van der Waals surface area contributed by atoms with Gasteiger partial charge in [-0.2, -0.15) is 0 Å². The summed E-state index contributed by atoms with van der Waals surface area (Å²) in [6, 6.07) is 10.3. The molecule has 2 heteroatoms. The number of benzene rings is 2. The molecule has 0 saturated carbocycles. The molecule has 0 N–H and O–H groups in total. The largest absolute Gasteiger partial charge is 0.299 e. The molecule has 82 valence electrons. The Hall–Kier alpha value is -1.70. The Balaban J connectivity index is 2.66. The van der Waals surface area contributed by atoms with Gasteiger partial charge in [0.05, 0.1) is 0 Å². The number of halogens is 1. The first-order valence-electron chi connectivity index (χ1n) is 5.28. The number of fused-ring (bicyclic) bond motifs is 1. The summed E-state index contributed by atoms with van der Waals surface area (Å²) in [6.07, 6.45) is 0. The molecule has 2 aromatic rings. The van der Waals surface area contributed by atoms with E-state index in [-0.39, 0.29) is 17.5 Å². The summed E-state index contributed by atoms with van der Waals surface area (Å²) in [6.45, 7) is 3.45. The molecule has 0 aliphatic carbocycles. The zero-order valence-corrected chi connectivity index (χ0v) is 9.33. The minimum Gasteiger partial charge on any atom is -0.299 e. The molecular formula is C14H13FO. The van der Waals surface area contributed by atoms with Crippen LogP contribution in [0, 0.1) is 5.82 Å². The lowest BCUT2D eigenvalue weighted by Gasteiger charge is -2.11. The molecule has 0 bridgehead atoms. The Kier molecular flexibility index (Phi) is 2.73. The van der Waals surface area contributed by atoms with Crippen molar-refractivity contribution in [3.05, 3.63) is 47.8 Å². The van der Waals surface area contributed by atoms with Gasteiger partial charge >= 0.3 is 0 Å². The van der Waals surface area contributed by atoms with E-state index in [1.807, 2.05) is 25.1 Å². The van der Waals surface area contributed by atoms with Gasteiger partial charge in [0.2, 0.25) is 0 Å². The lowest BCUT2D eigenvalue weighted by molar-refractivity contribution is -0.118. The predicted molar refractivity (Wildman–Crippen MR) is 63.0 cm³/mol. The number of ketones is 1. The van der Waals surface area contributed by atoms with Crippen molar-refractivity contribution in [2.24, 2.45) is 0 Å². The number of hydrogen-bond donors (Lipinski definition) is 0.